The maximum absolute atomic E-state index is 12.9. The molecule has 170 valence electrons. The van der Waals surface area contributed by atoms with Gasteiger partial charge in [0.05, 0.1) is 17.6 Å². The Morgan fingerprint density at radius 2 is 1.81 bits per heavy atom. The average Bonchev–Trinajstić information content (AvgIpc) is 3.21. The molecule has 0 radical (unpaired) electrons. The lowest BCUT2D eigenvalue weighted by Crippen LogP contribution is -2.44. The Bertz CT molecular complexity index is 1170. The molecule has 3 rings (SSSR count). The van der Waals surface area contributed by atoms with E-state index in [-0.39, 0.29) is 16.8 Å². The minimum absolute atomic E-state index is 0.0409. The molecule has 0 fully saturated rings. The van der Waals surface area contributed by atoms with E-state index < -0.39 is 22.0 Å². The Kier molecular flexibility index (Phi) is 7.26. The van der Waals surface area contributed by atoms with E-state index in [9.17, 15) is 13.2 Å². The van der Waals surface area contributed by atoms with Gasteiger partial charge in [0.15, 0.2) is 5.82 Å². The summed E-state index contributed by atoms with van der Waals surface area (Å²) < 4.78 is 33.5. The molecule has 2 aromatic carbocycles. The molecule has 10 heteroatoms. The summed E-state index contributed by atoms with van der Waals surface area (Å²) in [5, 5.41) is 9.40. The fourth-order valence-electron chi connectivity index (χ4n) is 3.13. The predicted octanol–water partition coefficient (Wildman–Crippen LogP) is 3.12. The topological polar surface area (TPSA) is 126 Å². The number of benzene rings is 2. The SMILES string of the molecule is COc1ccccc1-c1nc(NC(=O)C(CC(C)C)NS(=O)(=O)c2ccc(C)cc2)n[nH]1. The van der Waals surface area contributed by atoms with Crippen LogP contribution in [0.3, 0.4) is 0 Å². The summed E-state index contributed by atoms with van der Waals surface area (Å²) in [6.07, 6.45) is 0.306. The van der Waals surface area contributed by atoms with Gasteiger partial charge in [-0.3, -0.25) is 15.2 Å². The van der Waals surface area contributed by atoms with Crippen molar-refractivity contribution in [3.8, 4) is 17.1 Å². The Morgan fingerprint density at radius 3 is 2.47 bits per heavy atom. The van der Waals surface area contributed by atoms with Gasteiger partial charge in [0.1, 0.15) is 11.8 Å². The molecule has 0 aliphatic rings. The standard InChI is InChI=1S/C22H27N5O4S/c1-14(2)13-18(27-32(29,30)16-11-9-15(3)10-12-16)21(28)24-22-23-20(25-26-22)17-7-5-6-8-19(17)31-4/h5-12,14,18,27H,13H2,1-4H3,(H2,23,24,25,26,28). The molecule has 0 aliphatic heterocycles. The highest BCUT2D eigenvalue weighted by Crippen LogP contribution is 2.27. The molecular weight excluding hydrogens is 430 g/mol. The number of ether oxygens (including phenoxy) is 1. The third-order valence-corrected chi connectivity index (χ3v) is 6.22. The fraction of sp³-hybridized carbons (Fsp3) is 0.318. The van der Waals surface area contributed by atoms with Gasteiger partial charge in [0.25, 0.3) is 0 Å². The molecule has 1 aromatic heterocycles. The second kappa shape index (κ2) is 9.92. The molecule has 9 nitrogen and oxygen atoms in total. The molecule has 1 unspecified atom stereocenters. The number of methoxy groups -OCH3 is 1. The molecule has 3 aromatic rings. The zero-order chi connectivity index (χ0) is 23.3. The average molecular weight is 458 g/mol. The number of aromatic amines is 1. The van der Waals surface area contributed by atoms with Crippen LogP contribution in [0.2, 0.25) is 0 Å². The number of H-pyrrole nitrogens is 1. The second-order valence-corrected chi connectivity index (χ2v) is 9.53. The van der Waals surface area contributed by atoms with Crippen molar-refractivity contribution in [3.63, 3.8) is 0 Å². The van der Waals surface area contributed by atoms with Gasteiger partial charge >= 0.3 is 0 Å². The maximum Gasteiger partial charge on any atom is 0.249 e. The Morgan fingerprint density at radius 1 is 1.12 bits per heavy atom. The Balaban J connectivity index is 1.78. The van der Waals surface area contributed by atoms with Crippen molar-refractivity contribution < 1.29 is 17.9 Å². The van der Waals surface area contributed by atoms with E-state index in [1.54, 1.807) is 25.3 Å². The maximum atomic E-state index is 12.9. The van der Waals surface area contributed by atoms with Crippen molar-refractivity contribution in [2.75, 3.05) is 12.4 Å². The highest BCUT2D eigenvalue weighted by molar-refractivity contribution is 7.89. The molecule has 1 amide bonds. The first-order chi connectivity index (χ1) is 15.2. The summed E-state index contributed by atoms with van der Waals surface area (Å²) in [7, 11) is -2.33. The molecule has 0 bridgehead atoms. The van der Waals surface area contributed by atoms with Crippen LogP contribution in [0.1, 0.15) is 25.8 Å². The van der Waals surface area contributed by atoms with Gasteiger partial charge in [-0.15, -0.1) is 5.10 Å². The summed E-state index contributed by atoms with van der Waals surface area (Å²) in [6.45, 7) is 5.69. The van der Waals surface area contributed by atoms with Crippen LogP contribution in [0.15, 0.2) is 53.4 Å². The van der Waals surface area contributed by atoms with Gasteiger partial charge in [-0.05, 0) is 43.5 Å². The molecule has 1 atom stereocenters. The van der Waals surface area contributed by atoms with E-state index in [4.69, 9.17) is 4.74 Å². The Labute approximate surface area is 187 Å². The summed E-state index contributed by atoms with van der Waals surface area (Å²) in [4.78, 5) is 17.3. The zero-order valence-electron chi connectivity index (χ0n) is 18.4. The minimum atomic E-state index is -3.88. The second-order valence-electron chi connectivity index (χ2n) is 7.81. The quantitative estimate of drug-likeness (QED) is 0.453. The lowest BCUT2D eigenvalue weighted by atomic mass is 10.0. The number of amides is 1. The first kappa shape index (κ1) is 23.4. The van der Waals surface area contributed by atoms with Crippen LogP contribution in [-0.2, 0) is 14.8 Å². The molecule has 32 heavy (non-hydrogen) atoms. The van der Waals surface area contributed by atoms with Crippen LogP contribution in [-0.4, -0.2) is 42.7 Å². The number of hydrogen-bond acceptors (Lipinski definition) is 6. The van der Waals surface area contributed by atoms with Crippen LogP contribution >= 0.6 is 0 Å². The van der Waals surface area contributed by atoms with Crippen molar-refractivity contribution in [1.82, 2.24) is 19.9 Å². The lowest BCUT2D eigenvalue weighted by Gasteiger charge is -2.19. The van der Waals surface area contributed by atoms with Gasteiger partial charge in [-0.25, -0.2) is 8.42 Å². The highest BCUT2D eigenvalue weighted by Gasteiger charge is 2.27. The summed E-state index contributed by atoms with van der Waals surface area (Å²) in [5.74, 6) is 0.588. The molecule has 0 saturated carbocycles. The van der Waals surface area contributed by atoms with Crippen LogP contribution in [0.4, 0.5) is 5.95 Å². The van der Waals surface area contributed by atoms with E-state index in [0.717, 1.165) is 5.56 Å². The predicted molar refractivity (Wildman–Crippen MR) is 122 cm³/mol. The molecule has 0 saturated heterocycles. The summed E-state index contributed by atoms with van der Waals surface area (Å²) in [6, 6.07) is 12.7. The van der Waals surface area contributed by atoms with Gasteiger partial charge in [-0.2, -0.15) is 9.71 Å². The van der Waals surface area contributed by atoms with Gasteiger partial charge < -0.3 is 4.74 Å². The molecule has 0 spiro atoms. The first-order valence-electron chi connectivity index (χ1n) is 10.1. The fourth-order valence-corrected chi connectivity index (χ4v) is 4.34. The number of aryl methyl sites for hydroxylation is 1. The van der Waals surface area contributed by atoms with Crippen LogP contribution in [0.5, 0.6) is 5.75 Å². The van der Waals surface area contributed by atoms with Crippen molar-refractivity contribution in [2.45, 2.75) is 38.1 Å². The molecule has 3 N–H and O–H groups in total. The number of hydrogen-bond donors (Lipinski definition) is 3. The number of anilines is 1. The summed E-state index contributed by atoms with van der Waals surface area (Å²) >= 11 is 0. The minimum Gasteiger partial charge on any atom is -0.496 e. The van der Waals surface area contributed by atoms with E-state index in [1.165, 1.54) is 12.1 Å². The van der Waals surface area contributed by atoms with Gasteiger partial charge in [0.2, 0.25) is 21.9 Å². The summed E-state index contributed by atoms with van der Waals surface area (Å²) in [5.41, 5.74) is 1.62. The number of nitrogens with zero attached hydrogens (tertiary/aromatic N) is 2. The normalized spacial score (nSPS) is 12.5. The Hall–Kier alpha value is -3.24. The van der Waals surface area contributed by atoms with E-state index in [1.807, 2.05) is 39.0 Å². The monoisotopic (exact) mass is 457 g/mol. The van der Waals surface area contributed by atoms with E-state index in [2.05, 4.69) is 25.2 Å². The lowest BCUT2D eigenvalue weighted by molar-refractivity contribution is -0.118. The smallest absolute Gasteiger partial charge is 0.249 e. The third kappa shape index (κ3) is 5.71. The largest absolute Gasteiger partial charge is 0.496 e. The molecule has 0 aliphatic carbocycles. The van der Waals surface area contributed by atoms with E-state index >= 15 is 0 Å². The van der Waals surface area contributed by atoms with Gasteiger partial charge in [-0.1, -0.05) is 43.7 Å². The number of nitrogens with one attached hydrogen (secondary N) is 3. The number of para-hydroxylation sites is 1. The zero-order valence-corrected chi connectivity index (χ0v) is 19.2. The molecule has 1 heterocycles. The number of rotatable bonds is 9. The molecular formula is C22H27N5O4S. The number of sulfonamides is 1. The number of aromatic nitrogens is 3. The van der Waals surface area contributed by atoms with Crippen molar-refractivity contribution >= 4 is 21.9 Å². The highest BCUT2D eigenvalue weighted by atomic mass is 32.2. The van der Waals surface area contributed by atoms with Crippen LogP contribution < -0.4 is 14.8 Å². The van der Waals surface area contributed by atoms with E-state index in [0.29, 0.717) is 23.6 Å². The first-order valence-corrected chi connectivity index (χ1v) is 11.6. The third-order valence-electron chi connectivity index (χ3n) is 4.73. The van der Waals surface area contributed by atoms with Gasteiger partial charge in [0, 0.05) is 0 Å². The number of carbonyl (C=O) groups is 1. The van der Waals surface area contributed by atoms with Crippen LogP contribution in [0, 0.1) is 12.8 Å². The van der Waals surface area contributed by atoms with Crippen molar-refractivity contribution in [3.05, 3.63) is 54.1 Å². The van der Waals surface area contributed by atoms with Crippen LogP contribution in [0.25, 0.3) is 11.4 Å². The van der Waals surface area contributed by atoms with Crippen molar-refractivity contribution in [1.29, 1.82) is 0 Å². The van der Waals surface area contributed by atoms with Crippen molar-refractivity contribution in [2.24, 2.45) is 5.92 Å². The number of carbonyl (C=O) groups excluding carboxylic acids is 1.